The van der Waals surface area contributed by atoms with Gasteiger partial charge in [0.25, 0.3) is 0 Å². The predicted octanol–water partition coefficient (Wildman–Crippen LogP) is 1.41. The highest BCUT2D eigenvalue weighted by Crippen LogP contribution is 2.33. The predicted molar refractivity (Wildman–Crippen MR) is 58.8 cm³/mol. The Labute approximate surface area is 88.3 Å². The van der Waals surface area contributed by atoms with E-state index in [4.69, 9.17) is 15.6 Å². The maximum absolute atomic E-state index is 8.98. The third kappa shape index (κ3) is 2.20. The highest BCUT2D eigenvalue weighted by atomic mass is 32.2. The molecule has 1 aromatic carbocycles. The van der Waals surface area contributed by atoms with Crippen molar-refractivity contribution in [2.24, 2.45) is 5.73 Å². The third-order valence-corrected chi connectivity index (χ3v) is 2.79. The first-order valence-corrected chi connectivity index (χ1v) is 5.54. The lowest BCUT2D eigenvalue weighted by atomic mass is 10.1. The Morgan fingerprint density at radius 3 is 2.79 bits per heavy atom. The summed E-state index contributed by atoms with van der Waals surface area (Å²) in [5.41, 5.74) is 6.60. The Kier molecular flexibility index (Phi) is 4.25. The smallest absolute Gasteiger partial charge is 0.137 e. The van der Waals surface area contributed by atoms with Crippen molar-refractivity contribution in [2.45, 2.75) is 10.9 Å². The Hall–Kier alpha value is -0.710. The summed E-state index contributed by atoms with van der Waals surface area (Å²) in [6.45, 7) is -0.0752. The molecule has 0 aliphatic carbocycles. The number of para-hydroxylation sites is 1. The molecule has 0 saturated carbocycles. The Balaban J connectivity index is 3.14. The van der Waals surface area contributed by atoms with E-state index in [2.05, 4.69) is 0 Å². The fourth-order valence-corrected chi connectivity index (χ4v) is 1.90. The van der Waals surface area contributed by atoms with E-state index in [1.54, 1.807) is 18.9 Å². The van der Waals surface area contributed by atoms with E-state index in [1.165, 1.54) is 0 Å². The van der Waals surface area contributed by atoms with E-state index < -0.39 is 0 Å². The van der Waals surface area contributed by atoms with Gasteiger partial charge in [0.1, 0.15) is 5.75 Å². The number of hydrogen-bond acceptors (Lipinski definition) is 4. The molecule has 0 heterocycles. The molecule has 0 aliphatic heterocycles. The van der Waals surface area contributed by atoms with E-state index >= 15 is 0 Å². The molecule has 1 atom stereocenters. The zero-order valence-electron chi connectivity index (χ0n) is 8.36. The highest BCUT2D eigenvalue weighted by molar-refractivity contribution is 7.98. The topological polar surface area (TPSA) is 55.5 Å². The van der Waals surface area contributed by atoms with Crippen molar-refractivity contribution < 1.29 is 9.84 Å². The summed E-state index contributed by atoms with van der Waals surface area (Å²) >= 11 is 1.60. The van der Waals surface area contributed by atoms with E-state index in [-0.39, 0.29) is 12.6 Å². The van der Waals surface area contributed by atoms with Crippen molar-refractivity contribution in [1.29, 1.82) is 0 Å². The number of benzene rings is 1. The molecule has 0 aliphatic rings. The molecule has 1 aromatic rings. The van der Waals surface area contributed by atoms with Crippen molar-refractivity contribution in [2.75, 3.05) is 20.0 Å². The van der Waals surface area contributed by atoms with Crippen molar-refractivity contribution in [3.8, 4) is 5.75 Å². The van der Waals surface area contributed by atoms with Crippen LogP contribution in [0.15, 0.2) is 23.1 Å². The molecule has 0 fully saturated rings. The summed E-state index contributed by atoms with van der Waals surface area (Å²) in [6, 6.07) is 5.38. The van der Waals surface area contributed by atoms with Gasteiger partial charge in [0.2, 0.25) is 0 Å². The van der Waals surface area contributed by atoms with Gasteiger partial charge in [0.05, 0.1) is 19.8 Å². The highest BCUT2D eigenvalue weighted by Gasteiger charge is 2.13. The van der Waals surface area contributed by atoms with Gasteiger partial charge in [-0.3, -0.25) is 0 Å². The second-order valence-electron chi connectivity index (χ2n) is 2.87. The van der Waals surface area contributed by atoms with Gasteiger partial charge in [0, 0.05) is 10.5 Å². The molecule has 1 unspecified atom stereocenters. The van der Waals surface area contributed by atoms with Crippen molar-refractivity contribution in [3.05, 3.63) is 23.8 Å². The van der Waals surface area contributed by atoms with Crippen LogP contribution in [0.1, 0.15) is 11.6 Å². The van der Waals surface area contributed by atoms with Crippen molar-refractivity contribution >= 4 is 11.8 Å². The summed E-state index contributed by atoms with van der Waals surface area (Å²) < 4.78 is 5.28. The van der Waals surface area contributed by atoms with E-state index in [9.17, 15) is 0 Å². The quantitative estimate of drug-likeness (QED) is 0.742. The van der Waals surface area contributed by atoms with Crippen LogP contribution in [-0.4, -0.2) is 25.1 Å². The van der Waals surface area contributed by atoms with Crippen LogP contribution >= 0.6 is 11.8 Å². The first-order chi connectivity index (χ1) is 6.74. The van der Waals surface area contributed by atoms with Gasteiger partial charge in [-0.05, 0) is 12.3 Å². The molecule has 78 valence electrons. The Morgan fingerprint density at radius 2 is 2.29 bits per heavy atom. The summed E-state index contributed by atoms with van der Waals surface area (Å²) in [5, 5.41) is 8.98. The van der Waals surface area contributed by atoms with E-state index in [0.717, 1.165) is 16.2 Å². The van der Waals surface area contributed by atoms with Crippen molar-refractivity contribution in [3.63, 3.8) is 0 Å². The summed E-state index contributed by atoms with van der Waals surface area (Å²) in [4.78, 5) is 1.04. The van der Waals surface area contributed by atoms with Crippen molar-refractivity contribution in [1.82, 2.24) is 0 Å². The summed E-state index contributed by atoms with van der Waals surface area (Å²) in [7, 11) is 1.61. The minimum atomic E-state index is -0.378. The molecule has 14 heavy (non-hydrogen) atoms. The average molecular weight is 213 g/mol. The number of aliphatic hydroxyl groups is 1. The van der Waals surface area contributed by atoms with Crippen LogP contribution < -0.4 is 10.5 Å². The minimum Gasteiger partial charge on any atom is -0.495 e. The monoisotopic (exact) mass is 213 g/mol. The van der Waals surface area contributed by atoms with Crippen LogP contribution in [0, 0.1) is 0 Å². The molecule has 0 amide bonds. The first-order valence-electron chi connectivity index (χ1n) is 4.32. The molecule has 1 rings (SSSR count). The molecule has 3 nitrogen and oxygen atoms in total. The van der Waals surface area contributed by atoms with Crippen LogP contribution in [0.5, 0.6) is 5.75 Å². The fraction of sp³-hybridized carbons (Fsp3) is 0.400. The molecule has 0 radical (unpaired) electrons. The zero-order chi connectivity index (χ0) is 10.6. The SMILES string of the molecule is COc1c(SC)cccc1C(N)CO. The Bertz CT molecular complexity index is 304. The minimum absolute atomic E-state index is 0.0752. The second kappa shape index (κ2) is 5.24. The Morgan fingerprint density at radius 1 is 1.57 bits per heavy atom. The average Bonchev–Trinajstić information content (AvgIpc) is 2.26. The van der Waals surface area contributed by atoms with E-state index in [0.29, 0.717) is 0 Å². The van der Waals surface area contributed by atoms with Crippen LogP contribution in [0.4, 0.5) is 0 Å². The van der Waals surface area contributed by atoms with Gasteiger partial charge < -0.3 is 15.6 Å². The third-order valence-electron chi connectivity index (χ3n) is 2.03. The van der Waals surface area contributed by atoms with Gasteiger partial charge in [-0.25, -0.2) is 0 Å². The number of nitrogens with two attached hydrogens (primary N) is 1. The lowest BCUT2D eigenvalue weighted by Crippen LogP contribution is -2.15. The van der Waals surface area contributed by atoms with E-state index in [1.807, 2.05) is 24.5 Å². The molecule has 4 heteroatoms. The zero-order valence-corrected chi connectivity index (χ0v) is 9.17. The number of methoxy groups -OCH3 is 1. The van der Waals surface area contributed by atoms with Crippen LogP contribution in [-0.2, 0) is 0 Å². The molecule has 0 aromatic heterocycles. The van der Waals surface area contributed by atoms with Crippen LogP contribution in [0.3, 0.4) is 0 Å². The van der Waals surface area contributed by atoms with Crippen LogP contribution in [0.25, 0.3) is 0 Å². The van der Waals surface area contributed by atoms with Gasteiger partial charge in [0.15, 0.2) is 0 Å². The van der Waals surface area contributed by atoms with Gasteiger partial charge in [-0.2, -0.15) is 0 Å². The number of ether oxygens (including phenoxy) is 1. The normalized spacial score (nSPS) is 12.6. The molecule has 0 spiro atoms. The van der Waals surface area contributed by atoms with Gasteiger partial charge >= 0.3 is 0 Å². The molecular formula is C10H15NO2S. The van der Waals surface area contributed by atoms with Gasteiger partial charge in [-0.15, -0.1) is 11.8 Å². The molecule has 3 N–H and O–H groups in total. The fourth-order valence-electron chi connectivity index (χ4n) is 1.30. The number of hydrogen-bond donors (Lipinski definition) is 2. The largest absolute Gasteiger partial charge is 0.495 e. The number of aliphatic hydroxyl groups excluding tert-OH is 1. The molecular weight excluding hydrogens is 198 g/mol. The maximum atomic E-state index is 8.98. The summed E-state index contributed by atoms with van der Waals surface area (Å²) in [6.07, 6.45) is 1.98. The standard InChI is InChI=1S/C10H15NO2S/c1-13-10-7(8(11)6-12)4-3-5-9(10)14-2/h3-5,8,12H,6,11H2,1-2H3. The summed E-state index contributed by atoms with van der Waals surface area (Å²) in [5.74, 6) is 0.765. The number of rotatable bonds is 4. The lowest BCUT2D eigenvalue weighted by Gasteiger charge is -2.15. The second-order valence-corrected chi connectivity index (χ2v) is 3.72. The molecule has 0 bridgehead atoms. The van der Waals surface area contributed by atoms with Crippen LogP contribution in [0.2, 0.25) is 0 Å². The number of thioether (sulfide) groups is 1. The maximum Gasteiger partial charge on any atom is 0.137 e. The first kappa shape index (κ1) is 11.4. The van der Waals surface area contributed by atoms with Gasteiger partial charge in [-0.1, -0.05) is 12.1 Å². The molecule has 0 saturated heterocycles. The lowest BCUT2D eigenvalue weighted by molar-refractivity contribution is 0.264.